The van der Waals surface area contributed by atoms with Crippen LogP contribution in [0.25, 0.3) is 38.6 Å². The SMILES string of the molecule is Cc1cccc(-c2nc3scnn3c2-c2ccc3nccnc3c2)n1. The van der Waals surface area contributed by atoms with Crippen molar-refractivity contribution < 1.29 is 0 Å². The maximum Gasteiger partial charge on any atom is 0.213 e. The molecular formula is C18H12N6S. The molecule has 5 aromatic rings. The Hall–Kier alpha value is -3.19. The highest BCUT2D eigenvalue weighted by Gasteiger charge is 2.19. The summed E-state index contributed by atoms with van der Waals surface area (Å²) >= 11 is 1.50. The Labute approximate surface area is 146 Å². The summed E-state index contributed by atoms with van der Waals surface area (Å²) in [5.74, 6) is 0. The molecule has 0 bridgehead atoms. The van der Waals surface area contributed by atoms with Crippen LogP contribution in [0.2, 0.25) is 0 Å². The maximum atomic E-state index is 4.76. The molecule has 0 aliphatic carbocycles. The minimum Gasteiger partial charge on any atom is -0.253 e. The molecule has 6 nitrogen and oxygen atoms in total. The molecule has 0 amide bonds. The number of aromatic nitrogens is 6. The zero-order valence-corrected chi connectivity index (χ0v) is 14.1. The van der Waals surface area contributed by atoms with E-state index in [2.05, 4.69) is 20.1 Å². The number of hydrogen-bond donors (Lipinski definition) is 0. The molecule has 1 aromatic carbocycles. The van der Waals surface area contributed by atoms with Crippen molar-refractivity contribution in [1.29, 1.82) is 0 Å². The van der Waals surface area contributed by atoms with E-state index >= 15 is 0 Å². The summed E-state index contributed by atoms with van der Waals surface area (Å²) in [4.78, 5) is 19.0. The molecule has 4 aromatic heterocycles. The van der Waals surface area contributed by atoms with Crippen LogP contribution in [0.3, 0.4) is 0 Å². The highest BCUT2D eigenvalue weighted by molar-refractivity contribution is 7.14. The molecule has 0 aliphatic heterocycles. The minimum atomic E-state index is 0.825. The van der Waals surface area contributed by atoms with Gasteiger partial charge in [-0.25, -0.2) is 9.50 Å². The lowest BCUT2D eigenvalue weighted by molar-refractivity contribution is 0.981. The number of nitrogens with zero attached hydrogens (tertiary/aromatic N) is 6. The zero-order valence-electron chi connectivity index (χ0n) is 13.3. The molecular weight excluding hydrogens is 332 g/mol. The Kier molecular flexibility index (Phi) is 3.07. The molecule has 0 unspecified atom stereocenters. The topological polar surface area (TPSA) is 68.9 Å². The number of pyridine rings is 1. The first-order valence-electron chi connectivity index (χ1n) is 7.77. The lowest BCUT2D eigenvalue weighted by atomic mass is 10.1. The monoisotopic (exact) mass is 344 g/mol. The van der Waals surface area contributed by atoms with Crippen molar-refractivity contribution in [3.8, 4) is 22.6 Å². The number of rotatable bonds is 2. The second-order valence-electron chi connectivity index (χ2n) is 5.67. The van der Waals surface area contributed by atoms with Gasteiger partial charge in [0.1, 0.15) is 16.9 Å². The molecule has 0 saturated carbocycles. The lowest BCUT2D eigenvalue weighted by Crippen LogP contribution is -1.93. The largest absolute Gasteiger partial charge is 0.253 e. The van der Waals surface area contributed by atoms with E-state index < -0.39 is 0 Å². The summed E-state index contributed by atoms with van der Waals surface area (Å²) in [6.07, 6.45) is 3.39. The summed E-state index contributed by atoms with van der Waals surface area (Å²) in [6.45, 7) is 1.98. The molecule has 4 heterocycles. The van der Waals surface area contributed by atoms with E-state index in [1.807, 2.05) is 47.8 Å². The summed E-state index contributed by atoms with van der Waals surface area (Å²) in [5, 5.41) is 4.45. The van der Waals surface area contributed by atoms with Crippen LogP contribution in [0, 0.1) is 6.92 Å². The second kappa shape index (κ2) is 5.42. The van der Waals surface area contributed by atoms with Crippen LogP contribution in [0.4, 0.5) is 0 Å². The molecule has 0 N–H and O–H groups in total. The Morgan fingerprint density at radius 1 is 0.960 bits per heavy atom. The fraction of sp³-hybridized carbons (Fsp3) is 0.0556. The Bertz CT molecular complexity index is 1220. The summed E-state index contributed by atoms with van der Waals surface area (Å²) in [7, 11) is 0. The van der Waals surface area contributed by atoms with Gasteiger partial charge >= 0.3 is 0 Å². The first kappa shape index (κ1) is 14.2. The fourth-order valence-electron chi connectivity index (χ4n) is 2.92. The number of fused-ring (bicyclic) bond motifs is 2. The second-order valence-corrected chi connectivity index (χ2v) is 6.48. The first-order valence-corrected chi connectivity index (χ1v) is 8.65. The first-order chi connectivity index (χ1) is 12.3. The normalized spacial score (nSPS) is 11.4. The highest BCUT2D eigenvalue weighted by atomic mass is 32.1. The van der Waals surface area contributed by atoms with E-state index in [1.165, 1.54) is 11.3 Å². The summed E-state index contributed by atoms with van der Waals surface area (Å²) in [6, 6.07) is 12.0. The van der Waals surface area contributed by atoms with Gasteiger partial charge in [0.15, 0.2) is 0 Å². The lowest BCUT2D eigenvalue weighted by Gasteiger charge is -2.05. The van der Waals surface area contributed by atoms with Crippen LogP contribution in [-0.2, 0) is 0 Å². The van der Waals surface area contributed by atoms with Gasteiger partial charge in [0, 0.05) is 23.7 Å². The smallest absolute Gasteiger partial charge is 0.213 e. The van der Waals surface area contributed by atoms with Gasteiger partial charge < -0.3 is 0 Å². The summed E-state index contributed by atoms with van der Waals surface area (Å²) in [5.41, 5.74) is 8.02. The van der Waals surface area contributed by atoms with Crippen molar-refractivity contribution in [1.82, 2.24) is 29.5 Å². The van der Waals surface area contributed by atoms with E-state index in [9.17, 15) is 0 Å². The highest BCUT2D eigenvalue weighted by Crippen LogP contribution is 2.33. The predicted molar refractivity (Wildman–Crippen MR) is 97.4 cm³/mol. The number of benzene rings is 1. The van der Waals surface area contributed by atoms with Crippen LogP contribution < -0.4 is 0 Å². The molecule has 120 valence electrons. The minimum absolute atomic E-state index is 0.825. The standard InChI is InChI=1S/C18H12N6S/c1-11-3-2-4-14(22-11)16-17(24-18(23-16)25-10-21-24)12-5-6-13-15(9-12)20-8-7-19-13/h2-10H,1H3. The predicted octanol–water partition coefficient (Wildman–Crippen LogP) is 3.77. The van der Waals surface area contributed by atoms with Crippen molar-refractivity contribution in [2.45, 2.75) is 6.92 Å². The molecule has 7 heteroatoms. The average molecular weight is 344 g/mol. The van der Waals surface area contributed by atoms with E-state index in [0.29, 0.717) is 0 Å². The average Bonchev–Trinajstić information content (AvgIpc) is 3.22. The van der Waals surface area contributed by atoms with Gasteiger partial charge in [-0.3, -0.25) is 15.0 Å². The zero-order chi connectivity index (χ0) is 16.8. The molecule has 0 radical (unpaired) electrons. The summed E-state index contributed by atoms with van der Waals surface area (Å²) < 4.78 is 1.86. The van der Waals surface area contributed by atoms with Crippen molar-refractivity contribution in [3.05, 3.63) is 60.0 Å². The van der Waals surface area contributed by atoms with E-state index in [-0.39, 0.29) is 0 Å². The third kappa shape index (κ3) is 2.28. The van der Waals surface area contributed by atoms with E-state index in [4.69, 9.17) is 4.98 Å². The molecule has 0 saturated heterocycles. The molecule has 0 fully saturated rings. The molecule has 0 atom stereocenters. The van der Waals surface area contributed by atoms with Crippen molar-refractivity contribution in [2.75, 3.05) is 0 Å². The quantitative estimate of drug-likeness (QED) is 0.487. The van der Waals surface area contributed by atoms with E-state index in [1.54, 1.807) is 17.9 Å². The molecule has 25 heavy (non-hydrogen) atoms. The van der Waals surface area contributed by atoms with Crippen LogP contribution >= 0.6 is 11.3 Å². The van der Waals surface area contributed by atoms with Crippen LogP contribution in [0.1, 0.15) is 5.69 Å². The number of imidazole rings is 1. The molecule has 0 spiro atoms. The van der Waals surface area contributed by atoms with Gasteiger partial charge in [0.2, 0.25) is 4.96 Å². The Balaban J connectivity index is 1.81. The van der Waals surface area contributed by atoms with Gasteiger partial charge in [-0.05, 0) is 31.2 Å². The van der Waals surface area contributed by atoms with Gasteiger partial charge in [0.05, 0.1) is 16.7 Å². The van der Waals surface area contributed by atoms with Crippen molar-refractivity contribution in [3.63, 3.8) is 0 Å². The van der Waals surface area contributed by atoms with Crippen LogP contribution in [-0.4, -0.2) is 29.5 Å². The number of hydrogen-bond acceptors (Lipinski definition) is 6. The van der Waals surface area contributed by atoms with Gasteiger partial charge in [-0.2, -0.15) is 5.10 Å². The Morgan fingerprint density at radius 2 is 1.84 bits per heavy atom. The fourth-order valence-corrected chi connectivity index (χ4v) is 3.53. The Morgan fingerprint density at radius 3 is 2.72 bits per heavy atom. The van der Waals surface area contributed by atoms with Crippen LogP contribution in [0.15, 0.2) is 54.3 Å². The third-order valence-corrected chi connectivity index (χ3v) is 4.69. The maximum absolute atomic E-state index is 4.76. The van der Waals surface area contributed by atoms with Crippen molar-refractivity contribution in [2.24, 2.45) is 0 Å². The van der Waals surface area contributed by atoms with E-state index in [0.717, 1.165) is 44.3 Å². The van der Waals surface area contributed by atoms with Crippen molar-refractivity contribution >= 4 is 27.3 Å². The molecule has 0 aliphatic rings. The number of aryl methyl sites for hydroxylation is 1. The van der Waals surface area contributed by atoms with Gasteiger partial charge in [-0.1, -0.05) is 23.5 Å². The van der Waals surface area contributed by atoms with Gasteiger partial charge in [0.25, 0.3) is 0 Å². The van der Waals surface area contributed by atoms with Crippen LogP contribution in [0.5, 0.6) is 0 Å². The third-order valence-electron chi connectivity index (χ3n) is 4.02. The van der Waals surface area contributed by atoms with Gasteiger partial charge in [-0.15, -0.1) is 0 Å². The molecule has 5 rings (SSSR count).